The SMILES string of the molecule is CSC(=O)[C@@H]1CC2(CC2)CN1. The van der Waals surface area contributed by atoms with Gasteiger partial charge in [0, 0.05) is 6.54 Å². The van der Waals surface area contributed by atoms with E-state index in [2.05, 4.69) is 5.32 Å². The summed E-state index contributed by atoms with van der Waals surface area (Å²) >= 11 is 1.35. The Bertz CT molecular complexity index is 189. The molecule has 0 aromatic rings. The molecule has 11 heavy (non-hydrogen) atoms. The largest absolute Gasteiger partial charge is 0.306 e. The van der Waals surface area contributed by atoms with Gasteiger partial charge >= 0.3 is 0 Å². The number of rotatable bonds is 1. The summed E-state index contributed by atoms with van der Waals surface area (Å²) in [6, 6.07) is 0.160. The highest BCUT2D eigenvalue weighted by molar-refractivity contribution is 8.13. The second kappa shape index (κ2) is 2.49. The Balaban J connectivity index is 1.94. The maximum atomic E-state index is 11.2. The zero-order valence-corrected chi connectivity index (χ0v) is 7.54. The van der Waals surface area contributed by atoms with E-state index in [0.717, 1.165) is 13.0 Å². The summed E-state index contributed by atoms with van der Waals surface area (Å²) < 4.78 is 0. The fraction of sp³-hybridized carbons (Fsp3) is 0.875. The van der Waals surface area contributed by atoms with E-state index in [9.17, 15) is 4.79 Å². The van der Waals surface area contributed by atoms with E-state index < -0.39 is 0 Å². The Labute approximate surface area is 71.1 Å². The Morgan fingerprint density at radius 1 is 1.64 bits per heavy atom. The zero-order valence-electron chi connectivity index (χ0n) is 6.72. The lowest BCUT2D eigenvalue weighted by atomic mass is 10.0. The minimum absolute atomic E-state index is 0.160. The summed E-state index contributed by atoms with van der Waals surface area (Å²) in [5, 5.41) is 3.60. The van der Waals surface area contributed by atoms with Gasteiger partial charge in [-0.2, -0.15) is 0 Å². The predicted octanol–water partition coefficient (Wildman–Crippen LogP) is 1.02. The van der Waals surface area contributed by atoms with E-state index in [1.807, 2.05) is 6.26 Å². The van der Waals surface area contributed by atoms with E-state index in [-0.39, 0.29) is 6.04 Å². The summed E-state index contributed by atoms with van der Waals surface area (Å²) in [5.41, 5.74) is 0.552. The molecule has 1 heterocycles. The highest BCUT2D eigenvalue weighted by Crippen LogP contribution is 2.52. The lowest BCUT2D eigenvalue weighted by Crippen LogP contribution is -2.28. The van der Waals surface area contributed by atoms with Crippen molar-refractivity contribution in [3.63, 3.8) is 0 Å². The first-order chi connectivity index (χ1) is 5.26. The average molecular weight is 171 g/mol. The Hall–Kier alpha value is -0.0200. The molecule has 2 fully saturated rings. The fourth-order valence-electron chi connectivity index (χ4n) is 1.78. The average Bonchev–Trinajstić information content (AvgIpc) is 2.61. The number of hydrogen-bond donors (Lipinski definition) is 1. The van der Waals surface area contributed by atoms with Gasteiger partial charge in [-0.25, -0.2) is 0 Å². The molecule has 2 rings (SSSR count). The van der Waals surface area contributed by atoms with E-state index in [1.165, 1.54) is 24.6 Å². The molecule has 2 nitrogen and oxygen atoms in total. The standard InChI is InChI=1S/C8H13NOS/c1-11-7(10)6-4-8(2-3-8)5-9-6/h6,9H,2-5H2,1H3/t6-/m0/s1. The van der Waals surface area contributed by atoms with Crippen LogP contribution in [-0.4, -0.2) is 24.0 Å². The minimum Gasteiger partial charge on any atom is -0.306 e. The highest BCUT2D eigenvalue weighted by Gasteiger charge is 2.49. The van der Waals surface area contributed by atoms with E-state index in [0.29, 0.717) is 10.5 Å². The van der Waals surface area contributed by atoms with Crippen LogP contribution in [0.2, 0.25) is 0 Å². The van der Waals surface area contributed by atoms with Gasteiger partial charge in [0.25, 0.3) is 0 Å². The first-order valence-corrected chi connectivity index (χ1v) is 5.29. The molecule has 0 aromatic carbocycles. The van der Waals surface area contributed by atoms with Crippen LogP contribution in [0.5, 0.6) is 0 Å². The van der Waals surface area contributed by atoms with Crippen molar-refractivity contribution in [2.45, 2.75) is 25.3 Å². The second-order valence-corrected chi connectivity index (χ2v) is 4.47. The molecule has 0 aromatic heterocycles. The first-order valence-electron chi connectivity index (χ1n) is 4.07. The van der Waals surface area contributed by atoms with Gasteiger partial charge < -0.3 is 5.32 Å². The van der Waals surface area contributed by atoms with Gasteiger partial charge in [-0.15, -0.1) is 0 Å². The summed E-state index contributed by atoms with van der Waals surface area (Å²) in [6.45, 7) is 1.07. The van der Waals surface area contributed by atoms with Crippen LogP contribution in [0.4, 0.5) is 0 Å². The lowest BCUT2D eigenvalue weighted by molar-refractivity contribution is -0.112. The number of carbonyl (C=O) groups excluding carboxylic acids is 1. The number of nitrogens with one attached hydrogen (secondary N) is 1. The van der Waals surface area contributed by atoms with Gasteiger partial charge in [0.2, 0.25) is 5.12 Å². The van der Waals surface area contributed by atoms with Gasteiger partial charge in [0.05, 0.1) is 6.04 Å². The summed E-state index contributed by atoms with van der Waals surface area (Å²) in [7, 11) is 0. The van der Waals surface area contributed by atoms with Gasteiger partial charge in [-0.1, -0.05) is 11.8 Å². The quantitative estimate of drug-likeness (QED) is 0.638. The van der Waals surface area contributed by atoms with Gasteiger partial charge in [0.1, 0.15) is 0 Å². The van der Waals surface area contributed by atoms with Crippen molar-refractivity contribution < 1.29 is 4.79 Å². The third-order valence-electron chi connectivity index (χ3n) is 2.80. The maximum absolute atomic E-state index is 11.2. The summed E-state index contributed by atoms with van der Waals surface area (Å²) in [4.78, 5) is 11.2. The van der Waals surface area contributed by atoms with Crippen LogP contribution in [0.3, 0.4) is 0 Å². The molecular weight excluding hydrogens is 158 g/mol. The van der Waals surface area contributed by atoms with Crippen molar-refractivity contribution >= 4 is 16.9 Å². The molecule has 3 heteroatoms. The third-order valence-corrected chi connectivity index (χ3v) is 3.49. The Morgan fingerprint density at radius 3 is 2.82 bits per heavy atom. The van der Waals surface area contributed by atoms with Crippen LogP contribution in [0.25, 0.3) is 0 Å². The molecule has 62 valence electrons. The number of carbonyl (C=O) groups is 1. The molecule has 0 amide bonds. The molecule has 0 unspecified atom stereocenters. The van der Waals surface area contributed by atoms with Crippen LogP contribution in [0.15, 0.2) is 0 Å². The third kappa shape index (κ3) is 1.32. The van der Waals surface area contributed by atoms with Crippen LogP contribution < -0.4 is 5.32 Å². The van der Waals surface area contributed by atoms with Crippen molar-refractivity contribution in [1.82, 2.24) is 5.32 Å². The smallest absolute Gasteiger partial charge is 0.205 e. The van der Waals surface area contributed by atoms with Crippen molar-refractivity contribution in [2.24, 2.45) is 5.41 Å². The Kier molecular flexibility index (Phi) is 1.72. The Morgan fingerprint density at radius 2 is 2.36 bits per heavy atom. The first kappa shape index (κ1) is 7.62. The molecule has 0 radical (unpaired) electrons. The molecule has 1 atom stereocenters. The lowest BCUT2D eigenvalue weighted by Gasteiger charge is -2.05. The minimum atomic E-state index is 0.160. The van der Waals surface area contributed by atoms with E-state index in [1.54, 1.807) is 0 Å². The van der Waals surface area contributed by atoms with Crippen LogP contribution in [-0.2, 0) is 4.79 Å². The monoisotopic (exact) mass is 171 g/mol. The molecule has 2 aliphatic rings. The summed E-state index contributed by atoms with van der Waals surface area (Å²) in [6.07, 6.45) is 5.62. The van der Waals surface area contributed by atoms with Crippen LogP contribution in [0, 0.1) is 5.41 Å². The van der Waals surface area contributed by atoms with Crippen molar-refractivity contribution in [2.75, 3.05) is 12.8 Å². The van der Waals surface area contributed by atoms with Gasteiger partial charge in [-0.05, 0) is 30.9 Å². The molecule has 1 saturated heterocycles. The fourth-order valence-corrected chi connectivity index (χ4v) is 2.23. The normalized spacial score (nSPS) is 32.6. The highest BCUT2D eigenvalue weighted by atomic mass is 32.2. The van der Waals surface area contributed by atoms with Crippen molar-refractivity contribution in [3.05, 3.63) is 0 Å². The molecule has 1 aliphatic heterocycles. The van der Waals surface area contributed by atoms with Crippen molar-refractivity contribution in [1.29, 1.82) is 0 Å². The van der Waals surface area contributed by atoms with Gasteiger partial charge in [0.15, 0.2) is 0 Å². The second-order valence-electron chi connectivity index (χ2n) is 3.66. The predicted molar refractivity (Wildman–Crippen MR) is 46.6 cm³/mol. The van der Waals surface area contributed by atoms with Crippen LogP contribution in [0.1, 0.15) is 19.3 Å². The van der Waals surface area contributed by atoms with Gasteiger partial charge in [-0.3, -0.25) is 4.79 Å². The maximum Gasteiger partial charge on any atom is 0.205 e. The molecule has 1 saturated carbocycles. The van der Waals surface area contributed by atoms with E-state index >= 15 is 0 Å². The zero-order chi connectivity index (χ0) is 7.90. The summed E-state index contributed by atoms with van der Waals surface area (Å²) in [5.74, 6) is 0. The van der Waals surface area contributed by atoms with Crippen molar-refractivity contribution in [3.8, 4) is 0 Å². The topological polar surface area (TPSA) is 29.1 Å². The molecule has 1 N–H and O–H groups in total. The van der Waals surface area contributed by atoms with Crippen LogP contribution >= 0.6 is 11.8 Å². The molecule has 1 spiro atoms. The molecule has 0 bridgehead atoms. The molecular formula is C8H13NOS. The number of hydrogen-bond acceptors (Lipinski definition) is 3. The van der Waals surface area contributed by atoms with E-state index in [4.69, 9.17) is 0 Å². The molecule has 1 aliphatic carbocycles. The number of thioether (sulfide) groups is 1.